The van der Waals surface area contributed by atoms with Crippen molar-refractivity contribution in [2.45, 2.75) is 51.9 Å². The van der Waals surface area contributed by atoms with Crippen LogP contribution in [0.1, 0.15) is 66.6 Å². The number of carbonyl (C=O) groups is 2. The van der Waals surface area contributed by atoms with Gasteiger partial charge in [0.1, 0.15) is 11.3 Å². The van der Waals surface area contributed by atoms with E-state index < -0.39 is 11.5 Å². The van der Waals surface area contributed by atoms with Gasteiger partial charge in [-0.25, -0.2) is 4.79 Å². The molecule has 2 saturated heterocycles. The van der Waals surface area contributed by atoms with Gasteiger partial charge in [-0.15, -0.1) is 0 Å². The van der Waals surface area contributed by atoms with Crippen LogP contribution in [0.5, 0.6) is 0 Å². The summed E-state index contributed by atoms with van der Waals surface area (Å²) in [5.41, 5.74) is 0.0480. The molecule has 0 spiro atoms. The monoisotopic (exact) mass is 389 g/mol. The SMILES string of the molecule is Cc1cc(C2CCCNC2)oc(=O)c1C(=O)NCCC(=O)N1CCC(C)CC1. The van der Waals surface area contributed by atoms with Crippen LogP contribution >= 0.6 is 0 Å². The molecule has 0 aliphatic carbocycles. The van der Waals surface area contributed by atoms with Crippen molar-refractivity contribution in [2.24, 2.45) is 5.92 Å². The van der Waals surface area contributed by atoms with E-state index >= 15 is 0 Å². The van der Waals surface area contributed by atoms with E-state index in [0.29, 0.717) is 17.2 Å². The van der Waals surface area contributed by atoms with Crippen molar-refractivity contribution in [1.29, 1.82) is 0 Å². The Balaban J connectivity index is 1.55. The lowest BCUT2D eigenvalue weighted by molar-refractivity contribution is -0.132. The first kappa shape index (κ1) is 20.6. The van der Waals surface area contributed by atoms with Crippen molar-refractivity contribution in [1.82, 2.24) is 15.5 Å². The highest BCUT2D eigenvalue weighted by Gasteiger charge is 2.23. The molecule has 2 amide bonds. The molecule has 0 radical (unpaired) electrons. The quantitative estimate of drug-likeness (QED) is 0.801. The second-order valence-electron chi connectivity index (χ2n) is 8.11. The van der Waals surface area contributed by atoms with Crippen molar-refractivity contribution in [3.63, 3.8) is 0 Å². The van der Waals surface area contributed by atoms with Crippen LogP contribution in [0.4, 0.5) is 0 Å². The summed E-state index contributed by atoms with van der Waals surface area (Å²) in [5.74, 6) is 1.05. The smallest absolute Gasteiger partial charge is 0.349 e. The number of likely N-dealkylation sites (tertiary alicyclic amines) is 1. The third-order valence-corrected chi connectivity index (χ3v) is 5.85. The molecular weight excluding hydrogens is 358 g/mol. The molecule has 7 nitrogen and oxygen atoms in total. The molecule has 2 aliphatic heterocycles. The standard InChI is InChI=1S/C21H31N3O4/c1-14-6-10-24(11-7-14)18(25)5-9-23-20(26)19-15(2)12-17(28-21(19)27)16-4-3-8-22-13-16/h12,14,16,22H,3-11,13H2,1-2H3,(H,23,26). The summed E-state index contributed by atoms with van der Waals surface area (Å²) in [4.78, 5) is 39.0. The van der Waals surface area contributed by atoms with E-state index in [1.807, 2.05) is 4.90 Å². The lowest BCUT2D eigenvalue weighted by Crippen LogP contribution is -2.40. The average molecular weight is 389 g/mol. The third kappa shape index (κ3) is 5.01. The van der Waals surface area contributed by atoms with Gasteiger partial charge in [0.15, 0.2) is 0 Å². The summed E-state index contributed by atoms with van der Waals surface area (Å²) in [6, 6.07) is 1.80. The van der Waals surface area contributed by atoms with Gasteiger partial charge in [0, 0.05) is 38.5 Å². The molecule has 2 fully saturated rings. The summed E-state index contributed by atoms with van der Waals surface area (Å²) >= 11 is 0. The van der Waals surface area contributed by atoms with Gasteiger partial charge in [-0.2, -0.15) is 0 Å². The molecule has 3 heterocycles. The first-order valence-electron chi connectivity index (χ1n) is 10.4. The number of carbonyl (C=O) groups excluding carboxylic acids is 2. The van der Waals surface area contributed by atoms with Gasteiger partial charge in [0.25, 0.3) is 5.91 Å². The van der Waals surface area contributed by atoms with Crippen LogP contribution in [0, 0.1) is 12.8 Å². The van der Waals surface area contributed by atoms with Gasteiger partial charge in [-0.1, -0.05) is 6.92 Å². The van der Waals surface area contributed by atoms with Gasteiger partial charge < -0.3 is 20.0 Å². The van der Waals surface area contributed by atoms with Crippen LogP contribution in [0.2, 0.25) is 0 Å². The summed E-state index contributed by atoms with van der Waals surface area (Å²) in [5, 5.41) is 6.00. The van der Waals surface area contributed by atoms with Crippen LogP contribution < -0.4 is 16.3 Å². The van der Waals surface area contributed by atoms with Crippen molar-refractivity contribution in [3.8, 4) is 0 Å². The second kappa shape index (κ2) is 9.37. The molecule has 1 atom stereocenters. The van der Waals surface area contributed by atoms with Gasteiger partial charge in [-0.3, -0.25) is 9.59 Å². The Morgan fingerprint density at radius 2 is 2.04 bits per heavy atom. The Hall–Kier alpha value is -2.15. The van der Waals surface area contributed by atoms with E-state index in [2.05, 4.69) is 17.6 Å². The second-order valence-corrected chi connectivity index (χ2v) is 8.11. The predicted molar refractivity (Wildman–Crippen MR) is 106 cm³/mol. The Bertz CT molecular complexity index is 759. The Labute approximate surface area is 165 Å². The van der Waals surface area contributed by atoms with Gasteiger partial charge >= 0.3 is 5.63 Å². The number of hydrogen-bond donors (Lipinski definition) is 2. The van der Waals surface area contributed by atoms with E-state index in [1.165, 1.54) is 0 Å². The zero-order valence-electron chi connectivity index (χ0n) is 16.9. The number of piperidine rings is 2. The van der Waals surface area contributed by atoms with Crippen LogP contribution in [-0.2, 0) is 4.79 Å². The molecule has 7 heteroatoms. The van der Waals surface area contributed by atoms with Crippen LogP contribution in [0.15, 0.2) is 15.3 Å². The summed E-state index contributed by atoms with van der Waals surface area (Å²) < 4.78 is 5.45. The van der Waals surface area contributed by atoms with Crippen LogP contribution in [-0.4, -0.2) is 49.4 Å². The lowest BCUT2D eigenvalue weighted by Gasteiger charge is -2.30. The molecule has 3 rings (SSSR count). The van der Waals surface area contributed by atoms with Crippen molar-refractivity contribution in [3.05, 3.63) is 33.4 Å². The predicted octanol–water partition coefficient (Wildman–Crippen LogP) is 1.79. The molecule has 2 N–H and O–H groups in total. The summed E-state index contributed by atoms with van der Waals surface area (Å²) in [6.45, 7) is 7.51. The molecule has 1 aromatic heterocycles. The van der Waals surface area contributed by atoms with E-state index in [0.717, 1.165) is 51.9 Å². The topological polar surface area (TPSA) is 91.6 Å². The van der Waals surface area contributed by atoms with Gasteiger partial charge in [-0.05, 0) is 56.7 Å². The van der Waals surface area contributed by atoms with E-state index in [1.54, 1.807) is 13.0 Å². The maximum Gasteiger partial charge on any atom is 0.349 e. The fourth-order valence-corrected chi connectivity index (χ4v) is 3.99. The van der Waals surface area contributed by atoms with Gasteiger partial charge in [0.2, 0.25) is 5.91 Å². The molecule has 0 aromatic carbocycles. The highest BCUT2D eigenvalue weighted by Crippen LogP contribution is 2.23. The summed E-state index contributed by atoms with van der Waals surface area (Å²) in [6.07, 6.45) is 4.32. The molecule has 1 unspecified atom stereocenters. The number of amides is 2. The first-order valence-corrected chi connectivity index (χ1v) is 10.4. The molecule has 1 aromatic rings. The van der Waals surface area contributed by atoms with E-state index in [4.69, 9.17) is 4.42 Å². The minimum atomic E-state index is -0.602. The van der Waals surface area contributed by atoms with Crippen molar-refractivity contribution >= 4 is 11.8 Å². The number of nitrogens with zero attached hydrogens (tertiary/aromatic N) is 1. The number of nitrogens with one attached hydrogen (secondary N) is 2. The first-order chi connectivity index (χ1) is 13.5. The Kier molecular flexibility index (Phi) is 6.88. The highest BCUT2D eigenvalue weighted by atomic mass is 16.4. The number of aryl methyl sites for hydroxylation is 1. The lowest BCUT2D eigenvalue weighted by atomic mass is 9.95. The zero-order chi connectivity index (χ0) is 20.1. The number of hydrogen-bond acceptors (Lipinski definition) is 5. The molecule has 0 saturated carbocycles. The molecular formula is C21H31N3O4. The normalized spacial score (nSPS) is 20.8. The van der Waals surface area contributed by atoms with Crippen LogP contribution in [0.3, 0.4) is 0 Å². The number of rotatable bonds is 5. The minimum absolute atomic E-state index is 0.0340. The molecule has 2 aliphatic rings. The van der Waals surface area contributed by atoms with Crippen LogP contribution in [0.25, 0.3) is 0 Å². The Morgan fingerprint density at radius 1 is 1.29 bits per heavy atom. The van der Waals surface area contributed by atoms with Gasteiger partial charge in [0.05, 0.1) is 0 Å². The Morgan fingerprint density at radius 3 is 2.68 bits per heavy atom. The minimum Gasteiger partial charge on any atom is -0.427 e. The fraction of sp³-hybridized carbons (Fsp3) is 0.667. The zero-order valence-corrected chi connectivity index (χ0v) is 16.9. The molecule has 0 bridgehead atoms. The summed E-state index contributed by atoms with van der Waals surface area (Å²) in [7, 11) is 0. The largest absolute Gasteiger partial charge is 0.427 e. The fourth-order valence-electron chi connectivity index (χ4n) is 3.99. The van der Waals surface area contributed by atoms with E-state index in [9.17, 15) is 14.4 Å². The molecule has 154 valence electrons. The maximum atomic E-state index is 12.5. The van der Waals surface area contributed by atoms with E-state index in [-0.39, 0.29) is 30.4 Å². The molecule has 28 heavy (non-hydrogen) atoms. The third-order valence-electron chi connectivity index (χ3n) is 5.85. The highest BCUT2D eigenvalue weighted by molar-refractivity contribution is 5.95. The average Bonchev–Trinajstić information content (AvgIpc) is 2.68. The van der Waals surface area contributed by atoms with Crippen molar-refractivity contribution < 1.29 is 14.0 Å². The maximum absolute atomic E-state index is 12.5. The van der Waals surface area contributed by atoms with Crippen molar-refractivity contribution in [2.75, 3.05) is 32.7 Å².